The summed E-state index contributed by atoms with van der Waals surface area (Å²) in [5.41, 5.74) is 0. The number of hydrogen-bond donors (Lipinski definition) is 1. The highest BCUT2D eigenvalue weighted by molar-refractivity contribution is 8.04. The fourth-order valence-electron chi connectivity index (χ4n) is 0.710. The second kappa shape index (κ2) is 4.60. The average molecular weight is 171 g/mol. The van der Waals surface area contributed by atoms with Crippen molar-refractivity contribution in [3.63, 3.8) is 0 Å². The molecule has 0 unspecified atom stereocenters. The standard InChI is InChI=1S/C9H17NS/c1-5-8(6-7-10)11-9(2,3)4/h6-7,10H,5H2,1-4H3/b8-6+,10-7?. The first-order valence-corrected chi connectivity index (χ1v) is 4.70. The lowest BCUT2D eigenvalue weighted by atomic mass is 10.3. The number of allylic oxidation sites excluding steroid dienone is 2. The first kappa shape index (κ1) is 10.8. The van der Waals surface area contributed by atoms with Crippen LogP contribution in [0.1, 0.15) is 34.1 Å². The van der Waals surface area contributed by atoms with E-state index in [0.29, 0.717) is 0 Å². The van der Waals surface area contributed by atoms with Crippen molar-refractivity contribution in [3.8, 4) is 0 Å². The summed E-state index contributed by atoms with van der Waals surface area (Å²) in [7, 11) is 0. The van der Waals surface area contributed by atoms with Gasteiger partial charge >= 0.3 is 0 Å². The summed E-state index contributed by atoms with van der Waals surface area (Å²) in [6.45, 7) is 8.68. The fraction of sp³-hybridized carbons (Fsp3) is 0.667. The van der Waals surface area contributed by atoms with Crippen molar-refractivity contribution in [2.75, 3.05) is 0 Å². The van der Waals surface area contributed by atoms with Crippen LogP contribution in [-0.4, -0.2) is 11.0 Å². The van der Waals surface area contributed by atoms with Crippen LogP contribution in [0.3, 0.4) is 0 Å². The normalized spacial score (nSPS) is 13.3. The van der Waals surface area contributed by atoms with Crippen molar-refractivity contribution in [1.82, 2.24) is 0 Å². The topological polar surface area (TPSA) is 23.9 Å². The van der Waals surface area contributed by atoms with Gasteiger partial charge in [-0.2, -0.15) is 0 Å². The minimum absolute atomic E-state index is 0.269. The van der Waals surface area contributed by atoms with Crippen LogP contribution in [-0.2, 0) is 0 Å². The lowest BCUT2D eigenvalue weighted by Crippen LogP contribution is -2.07. The van der Waals surface area contributed by atoms with E-state index in [1.165, 1.54) is 11.1 Å². The number of nitrogens with one attached hydrogen (secondary N) is 1. The highest BCUT2D eigenvalue weighted by Gasteiger charge is 2.11. The Morgan fingerprint density at radius 3 is 2.27 bits per heavy atom. The van der Waals surface area contributed by atoms with E-state index in [9.17, 15) is 0 Å². The lowest BCUT2D eigenvalue weighted by Gasteiger charge is -2.18. The molecule has 2 heteroatoms. The van der Waals surface area contributed by atoms with Gasteiger partial charge in [-0.05, 0) is 17.4 Å². The molecule has 0 aromatic heterocycles. The summed E-state index contributed by atoms with van der Waals surface area (Å²) < 4.78 is 0.269. The molecule has 0 spiro atoms. The van der Waals surface area contributed by atoms with Crippen LogP contribution in [0.25, 0.3) is 0 Å². The molecule has 0 amide bonds. The third kappa shape index (κ3) is 6.17. The minimum Gasteiger partial charge on any atom is -0.309 e. The summed E-state index contributed by atoms with van der Waals surface area (Å²) in [5, 5.41) is 6.93. The summed E-state index contributed by atoms with van der Waals surface area (Å²) in [6.07, 6.45) is 4.25. The average Bonchev–Trinajstić information content (AvgIpc) is 1.84. The van der Waals surface area contributed by atoms with Gasteiger partial charge in [0.1, 0.15) is 0 Å². The maximum atomic E-state index is 6.93. The molecule has 11 heavy (non-hydrogen) atoms. The molecule has 1 N–H and O–H groups in total. The van der Waals surface area contributed by atoms with Gasteiger partial charge in [0.05, 0.1) is 0 Å². The molecule has 0 saturated carbocycles. The van der Waals surface area contributed by atoms with E-state index in [1.54, 1.807) is 0 Å². The van der Waals surface area contributed by atoms with Crippen LogP contribution in [0, 0.1) is 5.41 Å². The molecule has 0 aromatic carbocycles. The molecule has 0 heterocycles. The van der Waals surface area contributed by atoms with Gasteiger partial charge in [-0.1, -0.05) is 27.7 Å². The molecular weight excluding hydrogens is 154 g/mol. The largest absolute Gasteiger partial charge is 0.309 e. The van der Waals surface area contributed by atoms with E-state index in [0.717, 1.165) is 6.42 Å². The molecule has 0 radical (unpaired) electrons. The van der Waals surface area contributed by atoms with Crippen LogP contribution in [0.4, 0.5) is 0 Å². The number of hydrogen-bond acceptors (Lipinski definition) is 2. The van der Waals surface area contributed by atoms with Crippen molar-refractivity contribution < 1.29 is 0 Å². The maximum Gasteiger partial charge on any atom is 0.0185 e. The van der Waals surface area contributed by atoms with Crippen molar-refractivity contribution in [1.29, 1.82) is 5.41 Å². The molecule has 0 aliphatic heterocycles. The molecule has 0 saturated heterocycles. The van der Waals surface area contributed by atoms with Gasteiger partial charge in [0.25, 0.3) is 0 Å². The summed E-state index contributed by atoms with van der Waals surface area (Å²) in [4.78, 5) is 1.28. The van der Waals surface area contributed by atoms with Crippen molar-refractivity contribution in [3.05, 3.63) is 11.0 Å². The van der Waals surface area contributed by atoms with Gasteiger partial charge < -0.3 is 5.41 Å². The predicted octanol–water partition coefficient (Wildman–Crippen LogP) is 3.46. The van der Waals surface area contributed by atoms with E-state index in [4.69, 9.17) is 5.41 Å². The van der Waals surface area contributed by atoms with E-state index >= 15 is 0 Å². The highest BCUT2D eigenvalue weighted by atomic mass is 32.2. The van der Waals surface area contributed by atoms with Gasteiger partial charge in [0, 0.05) is 11.0 Å². The van der Waals surface area contributed by atoms with Gasteiger partial charge in [0.15, 0.2) is 0 Å². The lowest BCUT2D eigenvalue weighted by molar-refractivity contribution is 0.805. The Morgan fingerprint density at radius 2 is 2.00 bits per heavy atom. The molecule has 0 aromatic rings. The van der Waals surface area contributed by atoms with Crippen LogP contribution in [0.2, 0.25) is 0 Å². The van der Waals surface area contributed by atoms with Gasteiger partial charge in [-0.15, -0.1) is 11.8 Å². The maximum absolute atomic E-state index is 6.93. The first-order chi connectivity index (χ1) is 4.99. The highest BCUT2D eigenvalue weighted by Crippen LogP contribution is 2.32. The van der Waals surface area contributed by atoms with E-state index < -0.39 is 0 Å². The number of rotatable bonds is 3. The Balaban J connectivity index is 4.09. The third-order valence-corrected chi connectivity index (χ3v) is 2.35. The molecule has 0 aliphatic rings. The van der Waals surface area contributed by atoms with E-state index in [2.05, 4.69) is 27.7 Å². The zero-order chi connectivity index (χ0) is 8.91. The summed E-state index contributed by atoms with van der Waals surface area (Å²) in [6, 6.07) is 0. The predicted molar refractivity (Wildman–Crippen MR) is 54.5 cm³/mol. The van der Waals surface area contributed by atoms with Gasteiger partial charge in [-0.25, -0.2) is 0 Å². The Morgan fingerprint density at radius 1 is 1.45 bits per heavy atom. The molecule has 0 bridgehead atoms. The zero-order valence-electron chi connectivity index (χ0n) is 7.77. The van der Waals surface area contributed by atoms with Crippen LogP contribution in [0.5, 0.6) is 0 Å². The smallest absolute Gasteiger partial charge is 0.0185 e. The van der Waals surface area contributed by atoms with Gasteiger partial charge in [-0.3, -0.25) is 0 Å². The Kier molecular flexibility index (Phi) is 4.50. The molecular formula is C9H17NS. The van der Waals surface area contributed by atoms with Crippen LogP contribution in [0.15, 0.2) is 11.0 Å². The minimum atomic E-state index is 0.269. The zero-order valence-corrected chi connectivity index (χ0v) is 8.59. The quantitative estimate of drug-likeness (QED) is 0.646. The summed E-state index contributed by atoms with van der Waals surface area (Å²) in [5.74, 6) is 0. The SMILES string of the molecule is CC/C(=C\C=N)SC(C)(C)C. The summed E-state index contributed by atoms with van der Waals surface area (Å²) >= 11 is 1.84. The van der Waals surface area contributed by atoms with E-state index in [-0.39, 0.29) is 4.75 Å². The third-order valence-electron chi connectivity index (χ3n) is 1.05. The van der Waals surface area contributed by atoms with Crippen LogP contribution >= 0.6 is 11.8 Å². The van der Waals surface area contributed by atoms with E-state index in [1.807, 2.05) is 17.8 Å². The Labute approximate surface area is 73.8 Å². The van der Waals surface area contributed by atoms with Crippen molar-refractivity contribution >= 4 is 18.0 Å². The Bertz CT molecular complexity index is 153. The fourth-order valence-corrected chi connectivity index (χ4v) is 1.78. The monoisotopic (exact) mass is 171 g/mol. The Hall–Kier alpha value is -0.240. The first-order valence-electron chi connectivity index (χ1n) is 3.88. The molecule has 0 atom stereocenters. The molecule has 1 nitrogen and oxygen atoms in total. The second-order valence-corrected chi connectivity index (χ2v) is 5.32. The number of thioether (sulfide) groups is 1. The van der Waals surface area contributed by atoms with Crippen molar-refractivity contribution in [2.24, 2.45) is 0 Å². The molecule has 0 aliphatic carbocycles. The molecule has 0 fully saturated rings. The molecule has 64 valence electrons. The van der Waals surface area contributed by atoms with Crippen LogP contribution < -0.4 is 0 Å². The van der Waals surface area contributed by atoms with Crippen molar-refractivity contribution in [2.45, 2.75) is 38.9 Å². The second-order valence-electron chi connectivity index (χ2n) is 3.37. The van der Waals surface area contributed by atoms with Gasteiger partial charge in [0.2, 0.25) is 0 Å². The molecule has 0 rings (SSSR count).